The molecule has 0 aliphatic heterocycles. The highest BCUT2D eigenvalue weighted by atomic mass is 32.2. The van der Waals surface area contributed by atoms with E-state index >= 15 is 0 Å². The number of carbonyl (C=O) groups excluding carboxylic acids is 1. The summed E-state index contributed by atoms with van der Waals surface area (Å²) in [5.74, 6) is 0.759. The van der Waals surface area contributed by atoms with E-state index in [1.54, 1.807) is 14.2 Å². The molecule has 0 saturated carbocycles. The van der Waals surface area contributed by atoms with E-state index in [9.17, 15) is 4.79 Å². The van der Waals surface area contributed by atoms with Crippen LogP contribution in [0.3, 0.4) is 0 Å². The topological polar surface area (TPSA) is 85.4 Å². The standard InChI is InChI=1S/C16H22N4O3S2/c1-11(24-16-20-19-15(25-16)17-8-9-22-2)14(21)18-10-12-4-6-13(23-3)7-5-12/h4-7,11H,8-10H2,1-3H3,(H,17,19)(H,18,21)/t11-/m0/s1. The Balaban J connectivity index is 1.77. The number of benzene rings is 1. The van der Waals surface area contributed by atoms with Gasteiger partial charge in [-0.25, -0.2) is 0 Å². The molecular weight excluding hydrogens is 360 g/mol. The third kappa shape index (κ3) is 6.52. The number of ether oxygens (including phenoxy) is 2. The van der Waals surface area contributed by atoms with E-state index in [0.29, 0.717) is 19.7 Å². The molecule has 0 spiro atoms. The van der Waals surface area contributed by atoms with Crippen LogP contribution in [0, 0.1) is 0 Å². The second-order valence-electron chi connectivity index (χ2n) is 5.12. The van der Waals surface area contributed by atoms with E-state index in [1.807, 2.05) is 31.2 Å². The summed E-state index contributed by atoms with van der Waals surface area (Å²) in [6.07, 6.45) is 0. The summed E-state index contributed by atoms with van der Waals surface area (Å²) in [6, 6.07) is 7.61. The Morgan fingerprint density at radius 2 is 2.04 bits per heavy atom. The number of rotatable bonds is 10. The van der Waals surface area contributed by atoms with Crippen LogP contribution in [0.4, 0.5) is 5.13 Å². The predicted octanol–water partition coefficient (Wildman–Crippen LogP) is 2.40. The Kier molecular flexibility index (Phi) is 7.96. The van der Waals surface area contributed by atoms with Gasteiger partial charge in [-0.3, -0.25) is 4.79 Å². The maximum Gasteiger partial charge on any atom is 0.233 e. The zero-order valence-corrected chi connectivity index (χ0v) is 16.1. The third-order valence-electron chi connectivity index (χ3n) is 3.26. The predicted molar refractivity (Wildman–Crippen MR) is 100 cm³/mol. The van der Waals surface area contributed by atoms with E-state index in [4.69, 9.17) is 9.47 Å². The summed E-state index contributed by atoms with van der Waals surface area (Å²) in [5, 5.41) is 14.7. The number of amides is 1. The first-order valence-electron chi connectivity index (χ1n) is 7.76. The van der Waals surface area contributed by atoms with Crippen molar-refractivity contribution in [3.05, 3.63) is 29.8 Å². The van der Waals surface area contributed by atoms with Crippen molar-refractivity contribution in [1.29, 1.82) is 0 Å². The first kappa shape index (κ1) is 19.5. The van der Waals surface area contributed by atoms with Gasteiger partial charge in [0.15, 0.2) is 4.34 Å². The van der Waals surface area contributed by atoms with Crippen molar-refractivity contribution < 1.29 is 14.3 Å². The van der Waals surface area contributed by atoms with Gasteiger partial charge in [0.2, 0.25) is 11.0 Å². The molecule has 0 saturated heterocycles. The highest BCUT2D eigenvalue weighted by Gasteiger charge is 2.17. The fourth-order valence-electron chi connectivity index (χ4n) is 1.87. The molecule has 0 aliphatic rings. The van der Waals surface area contributed by atoms with Gasteiger partial charge in [-0.2, -0.15) is 0 Å². The zero-order chi connectivity index (χ0) is 18.1. The molecule has 0 aliphatic carbocycles. The van der Waals surface area contributed by atoms with Crippen LogP contribution >= 0.6 is 23.1 Å². The van der Waals surface area contributed by atoms with Crippen LogP contribution in [0.2, 0.25) is 0 Å². The third-order valence-corrected chi connectivity index (χ3v) is 5.33. The molecule has 0 unspecified atom stereocenters. The van der Waals surface area contributed by atoms with Gasteiger partial charge < -0.3 is 20.1 Å². The highest BCUT2D eigenvalue weighted by molar-refractivity contribution is 8.02. The molecule has 2 rings (SSSR count). The number of aromatic nitrogens is 2. The molecule has 1 aromatic heterocycles. The van der Waals surface area contributed by atoms with Crippen LogP contribution in [0.15, 0.2) is 28.6 Å². The number of methoxy groups -OCH3 is 2. The highest BCUT2D eigenvalue weighted by Crippen LogP contribution is 2.28. The Morgan fingerprint density at radius 1 is 1.28 bits per heavy atom. The fourth-order valence-corrected chi connectivity index (χ4v) is 3.82. The molecule has 1 aromatic carbocycles. The van der Waals surface area contributed by atoms with Crippen molar-refractivity contribution in [1.82, 2.24) is 15.5 Å². The molecular formula is C16H22N4O3S2. The number of carbonyl (C=O) groups is 1. The van der Waals surface area contributed by atoms with Crippen molar-refractivity contribution in [2.24, 2.45) is 0 Å². The summed E-state index contributed by atoms with van der Waals surface area (Å²) < 4.78 is 10.8. The summed E-state index contributed by atoms with van der Waals surface area (Å²) in [6.45, 7) is 3.61. The SMILES string of the molecule is COCCNc1nnc(S[C@@H](C)C(=O)NCc2ccc(OC)cc2)s1. The minimum Gasteiger partial charge on any atom is -0.497 e. The van der Waals surface area contributed by atoms with Crippen LogP contribution in [0.1, 0.15) is 12.5 Å². The van der Waals surface area contributed by atoms with Gasteiger partial charge in [0.05, 0.1) is 19.0 Å². The summed E-state index contributed by atoms with van der Waals surface area (Å²) in [4.78, 5) is 12.2. The second-order valence-corrected chi connectivity index (χ2v) is 7.68. The maximum absolute atomic E-state index is 12.2. The number of hydrogen-bond acceptors (Lipinski definition) is 8. The first-order chi connectivity index (χ1) is 12.1. The van der Waals surface area contributed by atoms with Crippen LogP contribution in [0.5, 0.6) is 5.75 Å². The van der Waals surface area contributed by atoms with E-state index in [-0.39, 0.29) is 11.2 Å². The number of hydrogen-bond donors (Lipinski definition) is 2. The Morgan fingerprint density at radius 3 is 2.72 bits per heavy atom. The van der Waals surface area contributed by atoms with Gasteiger partial charge in [-0.15, -0.1) is 10.2 Å². The molecule has 2 N–H and O–H groups in total. The molecule has 1 atom stereocenters. The van der Waals surface area contributed by atoms with E-state index in [1.165, 1.54) is 23.1 Å². The van der Waals surface area contributed by atoms with Gasteiger partial charge in [-0.1, -0.05) is 35.2 Å². The average molecular weight is 383 g/mol. The molecule has 9 heteroatoms. The van der Waals surface area contributed by atoms with Gasteiger partial charge in [0.25, 0.3) is 0 Å². The molecule has 25 heavy (non-hydrogen) atoms. The van der Waals surface area contributed by atoms with Crippen LogP contribution in [0.25, 0.3) is 0 Å². The van der Waals surface area contributed by atoms with Crippen LogP contribution in [-0.4, -0.2) is 48.7 Å². The Bertz CT molecular complexity index is 664. The lowest BCUT2D eigenvalue weighted by molar-refractivity contribution is -0.120. The molecule has 136 valence electrons. The number of nitrogens with one attached hydrogen (secondary N) is 2. The average Bonchev–Trinajstić information content (AvgIpc) is 3.07. The summed E-state index contributed by atoms with van der Waals surface area (Å²) in [5.41, 5.74) is 1.02. The quantitative estimate of drug-likeness (QED) is 0.482. The first-order valence-corrected chi connectivity index (χ1v) is 9.45. The zero-order valence-electron chi connectivity index (χ0n) is 14.4. The molecule has 0 bridgehead atoms. The minimum atomic E-state index is -0.252. The van der Waals surface area contributed by atoms with Crippen LogP contribution in [-0.2, 0) is 16.1 Å². The monoisotopic (exact) mass is 382 g/mol. The van der Waals surface area contributed by atoms with Crippen molar-refractivity contribution in [3.8, 4) is 5.75 Å². The second kappa shape index (κ2) is 10.2. The normalized spacial score (nSPS) is 11.8. The largest absolute Gasteiger partial charge is 0.497 e. The van der Waals surface area contributed by atoms with Crippen molar-refractivity contribution >= 4 is 34.1 Å². The lowest BCUT2D eigenvalue weighted by atomic mass is 10.2. The lowest BCUT2D eigenvalue weighted by Crippen LogP contribution is -2.30. The molecule has 7 nitrogen and oxygen atoms in total. The molecule has 0 fully saturated rings. The molecule has 1 amide bonds. The van der Waals surface area contributed by atoms with Gasteiger partial charge in [-0.05, 0) is 24.6 Å². The maximum atomic E-state index is 12.2. The van der Waals surface area contributed by atoms with E-state index in [2.05, 4.69) is 20.8 Å². The van der Waals surface area contributed by atoms with Gasteiger partial charge >= 0.3 is 0 Å². The molecule has 1 heterocycles. The van der Waals surface area contributed by atoms with E-state index < -0.39 is 0 Å². The Labute approximate surface area is 155 Å². The number of anilines is 1. The molecule has 0 radical (unpaired) electrons. The minimum absolute atomic E-state index is 0.0371. The smallest absolute Gasteiger partial charge is 0.233 e. The summed E-state index contributed by atoms with van der Waals surface area (Å²) in [7, 11) is 3.27. The van der Waals surface area contributed by atoms with Crippen LogP contribution < -0.4 is 15.4 Å². The lowest BCUT2D eigenvalue weighted by Gasteiger charge is -2.10. The van der Waals surface area contributed by atoms with Gasteiger partial charge in [0.1, 0.15) is 5.75 Å². The summed E-state index contributed by atoms with van der Waals surface area (Å²) >= 11 is 2.82. The van der Waals surface area contributed by atoms with E-state index in [0.717, 1.165) is 20.8 Å². The number of thioether (sulfide) groups is 1. The Hall–Kier alpha value is -1.84. The van der Waals surface area contributed by atoms with Crippen molar-refractivity contribution in [2.45, 2.75) is 23.1 Å². The van der Waals surface area contributed by atoms with Gasteiger partial charge in [0, 0.05) is 20.2 Å². The van der Waals surface area contributed by atoms with Crippen molar-refractivity contribution in [2.75, 3.05) is 32.7 Å². The fraction of sp³-hybridized carbons (Fsp3) is 0.438. The molecule has 2 aromatic rings. The van der Waals surface area contributed by atoms with Crippen molar-refractivity contribution in [3.63, 3.8) is 0 Å². The number of nitrogens with zero attached hydrogens (tertiary/aromatic N) is 2.